The first kappa shape index (κ1) is 20.9. The molecule has 1 atom stereocenters. The van der Waals surface area contributed by atoms with Gasteiger partial charge in [0.1, 0.15) is 11.5 Å². The highest BCUT2D eigenvalue weighted by molar-refractivity contribution is 5.29. The number of aryl methyl sites for hydroxylation is 1. The first-order valence-electron chi connectivity index (χ1n) is 10.2. The van der Waals surface area contributed by atoms with Gasteiger partial charge in [0.2, 0.25) is 0 Å². The Morgan fingerprint density at radius 3 is 1.59 bits per heavy atom. The zero-order valence-electron chi connectivity index (χ0n) is 17.7. The van der Waals surface area contributed by atoms with Crippen molar-refractivity contribution in [2.24, 2.45) is 0 Å². The molecule has 0 radical (unpaired) electrons. The van der Waals surface area contributed by atoms with E-state index in [1.165, 1.54) is 16.7 Å². The Hall–Kier alpha value is -2.78. The van der Waals surface area contributed by atoms with Crippen molar-refractivity contribution in [1.29, 1.82) is 0 Å². The molecule has 3 rings (SSSR count). The summed E-state index contributed by atoms with van der Waals surface area (Å²) < 4.78 is 10.6. The summed E-state index contributed by atoms with van der Waals surface area (Å²) >= 11 is 0. The van der Waals surface area contributed by atoms with Gasteiger partial charge in [-0.1, -0.05) is 54.6 Å². The molecule has 0 spiro atoms. The number of ether oxygens (including phenoxy) is 2. The molecule has 0 amide bonds. The largest absolute Gasteiger partial charge is 0.497 e. The lowest BCUT2D eigenvalue weighted by Crippen LogP contribution is -2.32. The number of benzene rings is 3. The number of nitrogens with zero attached hydrogens (tertiary/aromatic N) is 1. The molecule has 0 aliphatic heterocycles. The summed E-state index contributed by atoms with van der Waals surface area (Å²) in [6.45, 7) is 4.15. The molecular weight excluding hydrogens is 358 g/mol. The smallest absolute Gasteiger partial charge is 0.118 e. The van der Waals surface area contributed by atoms with Crippen LogP contribution in [0.3, 0.4) is 0 Å². The Bertz CT molecular complexity index is 795. The Labute approximate surface area is 174 Å². The molecule has 3 aromatic carbocycles. The molecule has 3 aromatic rings. The molecule has 0 aliphatic carbocycles. The van der Waals surface area contributed by atoms with Crippen LogP contribution in [0.15, 0.2) is 78.9 Å². The number of rotatable bonds is 10. The molecule has 0 unspecified atom stereocenters. The maximum Gasteiger partial charge on any atom is 0.118 e. The average Bonchev–Trinajstić information content (AvgIpc) is 2.78. The minimum Gasteiger partial charge on any atom is -0.497 e. The van der Waals surface area contributed by atoms with E-state index >= 15 is 0 Å². The maximum absolute atomic E-state index is 5.30. The third kappa shape index (κ3) is 6.37. The highest BCUT2D eigenvalue weighted by Gasteiger charge is 2.15. The van der Waals surface area contributed by atoms with Gasteiger partial charge in [-0.05, 0) is 60.7 Å². The fourth-order valence-corrected chi connectivity index (χ4v) is 3.50. The van der Waals surface area contributed by atoms with E-state index in [-0.39, 0.29) is 0 Å². The zero-order chi connectivity index (χ0) is 20.5. The van der Waals surface area contributed by atoms with Gasteiger partial charge in [-0.2, -0.15) is 0 Å². The van der Waals surface area contributed by atoms with Crippen LogP contribution in [0, 0.1) is 0 Å². The van der Waals surface area contributed by atoms with Crippen LogP contribution in [0.1, 0.15) is 30.0 Å². The standard InChI is InChI=1S/C26H31NO2/c1-21(9-10-22-7-5-4-6-8-22)27(19-23-11-15-25(28-2)16-12-23)20-24-13-17-26(29-3)18-14-24/h4-8,11-18,21H,9-10,19-20H2,1-3H3/t21-/m0/s1. The molecule has 0 aromatic heterocycles. The molecule has 0 bridgehead atoms. The van der Waals surface area contributed by atoms with Crippen LogP contribution in [0.2, 0.25) is 0 Å². The topological polar surface area (TPSA) is 21.7 Å². The fraction of sp³-hybridized carbons (Fsp3) is 0.308. The second kappa shape index (κ2) is 10.7. The van der Waals surface area contributed by atoms with Crippen molar-refractivity contribution in [3.63, 3.8) is 0 Å². The van der Waals surface area contributed by atoms with E-state index in [4.69, 9.17) is 9.47 Å². The van der Waals surface area contributed by atoms with Gasteiger partial charge in [0.05, 0.1) is 14.2 Å². The molecule has 0 N–H and O–H groups in total. The predicted molar refractivity (Wildman–Crippen MR) is 119 cm³/mol. The molecule has 0 saturated carbocycles. The minimum atomic E-state index is 0.458. The van der Waals surface area contributed by atoms with Gasteiger partial charge >= 0.3 is 0 Å². The van der Waals surface area contributed by atoms with E-state index in [1.54, 1.807) is 14.2 Å². The molecule has 3 nitrogen and oxygen atoms in total. The van der Waals surface area contributed by atoms with Crippen LogP contribution < -0.4 is 9.47 Å². The number of hydrogen-bond donors (Lipinski definition) is 0. The van der Waals surface area contributed by atoms with Crippen LogP contribution >= 0.6 is 0 Å². The molecular formula is C26H31NO2. The van der Waals surface area contributed by atoms with E-state index in [0.717, 1.165) is 37.4 Å². The summed E-state index contributed by atoms with van der Waals surface area (Å²) in [4.78, 5) is 2.55. The van der Waals surface area contributed by atoms with E-state index in [0.29, 0.717) is 6.04 Å². The van der Waals surface area contributed by atoms with Crippen molar-refractivity contribution >= 4 is 0 Å². The molecule has 0 saturated heterocycles. The third-order valence-electron chi connectivity index (χ3n) is 5.41. The highest BCUT2D eigenvalue weighted by atomic mass is 16.5. The van der Waals surface area contributed by atoms with Crippen molar-refractivity contribution < 1.29 is 9.47 Å². The quantitative estimate of drug-likeness (QED) is 0.442. The number of methoxy groups -OCH3 is 2. The molecule has 0 fully saturated rings. The summed E-state index contributed by atoms with van der Waals surface area (Å²) in [5.41, 5.74) is 3.99. The van der Waals surface area contributed by atoms with Crippen LogP contribution in [-0.4, -0.2) is 25.2 Å². The summed E-state index contributed by atoms with van der Waals surface area (Å²) in [7, 11) is 3.41. The van der Waals surface area contributed by atoms with Crippen LogP contribution in [0.25, 0.3) is 0 Å². The van der Waals surface area contributed by atoms with Gasteiger partial charge < -0.3 is 9.47 Å². The van der Waals surface area contributed by atoms with Crippen molar-refractivity contribution in [1.82, 2.24) is 4.90 Å². The fourth-order valence-electron chi connectivity index (χ4n) is 3.50. The summed E-state index contributed by atoms with van der Waals surface area (Å²) in [5.74, 6) is 1.79. The lowest BCUT2D eigenvalue weighted by Gasteiger charge is -2.29. The third-order valence-corrected chi connectivity index (χ3v) is 5.41. The van der Waals surface area contributed by atoms with E-state index in [2.05, 4.69) is 66.4 Å². The number of hydrogen-bond acceptors (Lipinski definition) is 3. The normalized spacial score (nSPS) is 12.0. The van der Waals surface area contributed by atoms with Gasteiger partial charge in [0.25, 0.3) is 0 Å². The molecule has 3 heteroatoms. The maximum atomic E-state index is 5.30. The van der Waals surface area contributed by atoms with Crippen molar-refractivity contribution in [3.05, 3.63) is 95.6 Å². The van der Waals surface area contributed by atoms with Gasteiger partial charge in [0, 0.05) is 19.1 Å². The zero-order valence-corrected chi connectivity index (χ0v) is 17.7. The van der Waals surface area contributed by atoms with Crippen LogP contribution in [-0.2, 0) is 19.5 Å². The van der Waals surface area contributed by atoms with Crippen molar-refractivity contribution in [2.45, 2.75) is 38.9 Å². The Morgan fingerprint density at radius 2 is 1.14 bits per heavy atom. The SMILES string of the molecule is COc1ccc(CN(Cc2ccc(OC)cc2)[C@@H](C)CCc2ccccc2)cc1. The Morgan fingerprint density at radius 1 is 0.655 bits per heavy atom. The highest BCUT2D eigenvalue weighted by Crippen LogP contribution is 2.20. The molecule has 152 valence electrons. The van der Waals surface area contributed by atoms with Gasteiger partial charge in [0.15, 0.2) is 0 Å². The predicted octanol–water partition coefficient (Wildman–Crippen LogP) is 5.73. The van der Waals surface area contributed by atoms with Crippen LogP contribution in [0.4, 0.5) is 0 Å². The second-order valence-corrected chi connectivity index (χ2v) is 7.47. The monoisotopic (exact) mass is 389 g/mol. The van der Waals surface area contributed by atoms with Gasteiger partial charge in [-0.3, -0.25) is 4.90 Å². The average molecular weight is 390 g/mol. The lowest BCUT2D eigenvalue weighted by molar-refractivity contribution is 0.182. The second-order valence-electron chi connectivity index (χ2n) is 7.47. The van der Waals surface area contributed by atoms with E-state index < -0.39 is 0 Å². The summed E-state index contributed by atoms with van der Waals surface area (Å²) in [6.07, 6.45) is 2.21. The first-order valence-corrected chi connectivity index (χ1v) is 10.2. The van der Waals surface area contributed by atoms with Crippen LogP contribution in [0.5, 0.6) is 11.5 Å². The van der Waals surface area contributed by atoms with E-state index in [1.807, 2.05) is 24.3 Å². The Balaban J connectivity index is 1.71. The summed E-state index contributed by atoms with van der Waals surface area (Å²) in [6, 6.07) is 28.0. The minimum absolute atomic E-state index is 0.458. The summed E-state index contributed by atoms with van der Waals surface area (Å²) in [5, 5.41) is 0. The molecule has 0 aliphatic rings. The molecule has 29 heavy (non-hydrogen) atoms. The van der Waals surface area contributed by atoms with Crippen molar-refractivity contribution in [3.8, 4) is 11.5 Å². The van der Waals surface area contributed by atoms with Gasteiger partial charge in [-0.25, -0.2) is 0 Å². The Kier molecular flexibility index (Phi) is 7.71. The lowest BCUT2D eigenvalue weighted by atomic mass is 10.0. The van der Waals surface area contributed by atoms with E-state index in [9.17, 15) is 0 Å². The molecule has 0 heterocycles. The van der Waals surface area contributed by atoms with Gasteiger partial charge in [-0.15, -0.1) is 0 Å². The first-order chi connectivity index (χ1) is 14.2. The van der Waals surface area contributed by atoms with Crippen molar-refractivity contribution in [2.75, 3.05) is 14.2 Å².